The number of aryl methyl sites for hydroxylation is 1. The first-order valence-corrected chi connectivity index (χ1v) is 9.39. The number of ether oxygens (including phenoxy) is 1. The average Bonchev–Trinajstić information content (AvgIpc) is 2.95. The van der Waals surface area contributed by atoms with Crippen molar-refractivity contribution in [2.75, 3.05) is 19.6 Å². The molecule has 1 fully saturated rings. The minimum Gasteiger partial charge on any atom is -0.444 e. The summed E-state index contributed by atoms with van der Waals surface area (Å²) >= 11 is 0. The van der Waals surface area contributed by atoms with Gasteiger partial charge in [-0.3, -0.25) is 4.90 Å². The number of fused-ring (bicyclic) bond motifs is 1. The summed E-state index contributed by atoms with van der Waals surface area (Å²) < 4.78 is 44.8. The minimum atomic E-state index is -4.33. The van der Waals surface area contributed by atoms with Gasteiger partial charge in [-0.05, 0) is 63.8 Å². The number of rotatable bonds is 1. The van der Waals surface area contributed by atoms with Crippen LogP contribution in [0.5, 0.6) is 0 Å². The molecule has 7 heteroatoms. The van der Waals surface area contributed by atoms with Crippen LogP contribution in [0.3, 0.4) is 0 Å². The molecule has 2 atom stereocenters. The molecule has 0 saturated carbocycles. The van der Waals surface area contributed by atoms with Crippen LogP contribution in [-0.2, 0) is 17.3 Å². The van der Waals surface area contributed by atoms with Gasteiger partial charge < -0.3 is 9.64 Å². The third-order valence-electron chi connectivity index (χ3n) is 5.25. The Kier molecular flexibility index (Phi) is 5.18. The van der Waals surface area contributed by atoms with Crippen molar-refractivity contribution in [1.29, 1.82) is 0 Å². The highest BCUT2D eigenvalue weighted by atomic mass is 19.4. The Labute approximate surface area is 158 Å². The number of benzene rings is 1. The third-order valence-corrected chi connectivity index (χ3v) is 5.25. The zero-order valence-corrected chi connectivity index (χ0v) is 16.3. The highest BCUT2D eigenvalue weighted by Gasteiger charge is 2.38. The van der Waals surface area contributed by atoms with Crippen LogP contribution < -0.4 is 0 Å². The van der Waals surface area contributed by atoms with Gasteiger partial charge in [-0.25, -0.2) is 4.79 Å². The maximum atomic E-state index is 13.1. The Balaban J connectivity index is 1.73. The molecule has 2 aliphatic rings. The molecule has 4 nitrogen and oxygen atoms in total. The summed E-state index contributed by atoms with van der Waals surface area (Å²) in [5.41, 5.74) is 0.640. The second-order valence-electron chi connectivity index (χ2n) is 8.48. The summed E-state index contributed by atoms with van der Waals surface area (Å²) in [6.45, 7) is 9.17. The first-order chi connectivity index (χ1) is 12.5. The zero-order valence-electron chi connectivity index (χ0n) is 16.3. The maximum absolute atomic E-state index is 13.1. The van der Waals surface area contributed by atoms with E-state index < -0.39 is 17.3 Å². The number of hydrogen-bond donors (Lipinski definition) is 0. The number of nitrogens with zero attached hydrogens (tertiary/aromatic N) is 2. The molecular formula is C20H27F3N2O2. The first-order valence-electron chi connectivity index (χ1n) is 9.39. The topological polar surface area (TPSA) is 32.8 Å². The smallest absolute Gasteiger partial charge is 0.416 e. The van der Waals surface area contributed by atoms with Gasteiger partial charge >= 0.3 is 12.3 Å². The average molecular weight is 384 g/mol. The number of piperazine rings is 1. The van der Waals surface area contributed by atoms with Crippen molar-refractivity contribution >= 4 is 6.09 Å². The molecule has 150 valence electrons. The molecule has 1 aliphatic heterocycles. The summed E-state index contributed by atoms with van der Waals surface area (Å²) in [7, 11) is 0. The van der Waals surface area contributed by atoms with Crippen molar-refractivity contribution in [1.82, 2.24) is 9.80 Å². The van der Waals surface area contributed by atoms with Crippen molar-refractivity contribution in [2.24, 2.45) is 0 Å². The minimum absolute atomic E-state index is 0.0295. The van der Waals surface area contributed by atoms with E-state index in [1.165, 1.54) is 12.1 Å². The lowest BCUT2D eigenvalue weighted by molar-refractivity contribution is -0.137. The van der Waals surface area contributed by atoms with Crippen LogP contribution in [-0.4, -0.2) is 47.2 Å². The second kappa shape index (κ2) is 7.00. The van der Waals surface area contributed by atoms with Crippen molar-refractivity contribution < 1.29 is 22.7 Å². The fraction of sp³-hybridized carbons (Fsp3) is 0.650. The second-order valence-corrected chi connectivity index (χ2v) is 8.48. The number of alkyl halides is 3. The van der Waals surface area contributed by atoms with Crippen LogP contribution in [0.2, 0.25) is 0 Å². The monoisotopic (exact) mass is 384 g/mol. The fourth-order valence-electron chi connectivity index (χ4n) is 4.03. The van der Waals surface area contributed by atoms with E-state index in [4.69, 9.17) is 4.74 Å². The number of carbonyl (C=O) groups is 1. The van der Waals surface area contributed by atoms with Crippen molar-refractivity contribution in [2.45, 2.75) is 64.4 Å². The van der Waals surface area contributed by atoms with Gasteiger partial charge in [0.05, 0.1) is 5.56 Å². The van der Waals surface area contributed by atoms with Crippen molar-refractivity contribution in [3.05, 3.63) is 34.9 Å². The third kappa shape index (κ3) is 4.39. The van der Waals surface area contributed by atoms with E-state index in [1.807, 2.05) is 27.7 Å². The Hall–Kier alpha value is -1.76. The Morgan fingerprint density at radius 1 is 1.19 bits per heavy atom. The SMILES string of the molecule is CC1CN(C(=O)OC(C)(C)C)CCN1C1CCc2ccc(C(F)(F)F)cc21. The standard InChI is InChI=1S/C20H27F3N2O2/c1-13-12-24(18(26)27-19(2,3)4)9-10-25(13)17-8-6-14-5-7-15(11-16(14)17)20(21,22)23/h5,7,11,13,17H,6,8-10,12H2,1-4H3. The summed E-state index contributed by atoms with van der Waals surface area (Å²) in [6.07, 6.45) is -3.06. The van der Waals surface area contributed by atoms with Crippen LogP contribution >= 0.6 is 0 Å². The largest absolute Gasteiger partial charge is 0.444 e. The molecule has 1 aliphatic carbocycles. The molecular weight excluding hydrogens is 357 g/mol. The molecule has 0 radical (unpaired) electrons. The highest BCUT2D eigenvalue weighted by Crippen LogP contribution is 2.41. The molecule has 0 bridgehead atoms. The van der Waals surface area contributed by atoms with Gasteiger partial charge in [0.2, 0.25) is 0 Å². The van der Waals surface area contributed by atoms with E-state index in [0.29, 0.717) is 19.6 Å². The van der Waals surface area contributed by atoms with Gasteiger partial charge in [0.1, 0.15) is 5.60 Å². The number of halogens is 3. The van der Waals surface area contributed by atoms with Gasteiger partial charge in [-0.1, -0.05) is 6.07 Å². The fourth-order valence-corrected chi connectivity index (χ4v) is 4.03. The van der Waals surface area contributed by atoms with E-state index in [-0.39, 0.29) is 18.2 Å². The molecule has 1 heterocycles. The number of carbonyl (C=O) groups excluding carboxylic acids is 1. The quantitative estimate of drug-likeness (QED) is 0.708. The molecule has 2 unspecified atom stereocenters. The molecule has 1 aromatic carbocycles. The lowest BCUT2D eigenvalue weighted by Crippen LogP contribution is -2.55. The molecule has 0 spiro atoms. The zero-order chi connectivity index (χ0) is 20.0. The molecule has 1 aromatic rings. The van der Waals surface area contributed by atoms with Gasteiger partial charge in [-0.2, -0.15) is 13.2 Å². The van der Waals surface area contributed by atoms with E-state index >= 15 is 0 Å². The predicted octanol–water partition coefficient (Wildman–Crippen LogP) is 4.63. The van der Waals surface area contributed by atoms with Crippen LogP contribution in [0.1, 0.15) is 56.8 Å². The van der Waals surface area contributed by atoms with Gasteiger partial charge in [0.25, 0.3) is 0 Å². The lowest BCUT2D eigenvalue weighted by atomic mass is 10.0. The lowest BCUT2D eigenvalue weighted by Gasteiger charge is -2.43. The van der Waals surface area contributed by atoms with Crippen LogP contribution in [0.15, 0.2) is 18.2 Å². The van der Waals surface area contributed by atoms with E-state index in [1.54, 1.807) is 11.0 Å². The number of hydrogen-bond acceptors (Lipinski definition) is 3. The molecule has 0 N–H and O–H groups in total. The molecule has 0 aromatic heterocycles. The normalized spacial score (nSPS) is 24.0. The van der Waals surface area contributed by atoms with Crippen LogP contribution in [0.4, 0.5) is 18.0 Å². The van der Waals surface area contributed by atoms with Crippen LogP contribution in [0.25, 0.3) is 0 Å². The predicted molar refractivity (Wildman–Crippen MR) is 96.5 cm³/mol. The first kappa shape index (κ1) is 20.0. The molecule has 1 saturated heterocycles. The van der Waals surface area contributed by atoms with E-state index in [2.05, 4.69) is 4.90 Å². The summed E-state index contributed by atoms with van der Waals surface area (Å²) in [4.78, 5) is 16.2. The van der Waals surface area contributed by atoms with Crippen LogP contribution in [0, 0.1) is 0 Å². The van der Waals surface area contributed by atoms with Gasteiger partial charge in [0, 0.05) is 31.7 Å². The Bertz CT molecular complexity index is 712. The number of amides is 1. The van der Waals surface area contributed by atoms with Crippen molar-refractivity contribution in [3.63, 3.8) is 0 Å². The molecule has 27 heavy (non-hydrogen) atoms. The van der Waals surface area contributed by atoms with Gasteiger partial charge in [0.15, 0.2) is 0 Å². The van der Waals surface area contributed by atoms with E-state index in [0.717, 1.165) is 24.0 Å². The summed E-state index contributed by atoms with van der Waals surface area (Å²) in [5.74, 6) is 0. The Morgan fingerprint density at radius 3 is 2.48 bits per heavy atom. The molecule has 3 rings (SSSR count). The maximum Gasteiger partial charge on any atom is 0.416 e. The summed E-state index contributed by atoms with van der Waals surface area (Å²) in [6, 6.07) is 4.11. The highest BCUT2D eigenvalue weighted by molar-refractivity contribution is 5.68. The van der Waals surface area contributed by atoms with Gasteiger partial charge in [-0.15, -0.1) is 0 Å². The van der Waals surface area contributed by atoms with E-state index in [9.17, 15) is 18.0 Å². The van der Waals surface area contributed by atoms with Crippen molar-refractivity contribution in [3.8, 4) is 0 Å². The molecule has 1 amide bonds. The summed E-state index contributed by atoms with van der Waals surface area (Å²) in [5, 5.41) is 0. The Morgan fingerprint density at radius 2 is 1.89 bits per heavy atom.